The molecule has 2 nitrogen and oxygen atoms in total. The molecule has 0 bridgehead atoms. The molecule has 0 fully saturated rings. The molecule has 0 spiro atoms. The molecule has 0 radical (unpaired) electrons. The van der Waals surface area contributed by atoms with Crippen LogP contribution < -0.4 is 5.32 Å². The van der Waals surface area contributed by atoms with Crippen LogP contribution in [-0.2, 0) is 13.0 Å². The van der Waals surface area contributed by atoms with Gasteiger partial charge in [0.05, 0.1) is 11.6 Å². The van der Waals surface area contributed by atoms with Crippen molar-refractivity contribution >= 4 is 47.2 Å². The van der Waals surface area contributed by atoms with E-state index in [4.69, 9.17) is 39.2 Å². The summed E-state index contributed by atoms with van der Waals surface area (Å²) >= 11 is 17.8. The first-order valence-corrected chi connectivity index (χ1v) is 8.85. The third-order valence-corrected chi connectivity index (χ3v) is 4.63. The smallest absolute Gasteiger partial charge is 0.141 e. The van der Waals surface area contributed by atoms with Gasteiger partial charge >= 0.3 is 0 Å². The molecule has 7 heteroatoms. The van der Waals surface area contributed by atoms with Crippen molar-refractivity contribution < 1.29 is 8.81 Å². The number of hydrogen-bond acceptors (Lipinski definition) is 2. The highest BCUT2D eigenvalue weighted by atomic mass is 35.5. The Morgan fingerprint density at radius 1 is 0.923 bits per heavy atom. The quantitative estimate of drug-likeness (QED) is 0.431. The van der Waals surface area contributed by atoms with E-state index < -0.39 is 5.82 Å². The lowest BCUT2D eigenvalue weighted by Crippen LogP contribution is -2.16. The summed E-state index contributed by atoms with van der Waals surface area (Å²) in [4.78, 5) is 0. The highest BCUT2D eigenvalue weighted by molar-refractivity contribution is 6.35. The van der Waals surface area contributed by atoms with E-state index >= 15 is 0 Å². The standard InChI is InChI=1S/C19H15Cl3FNO.ClH/c20-14-3-1-12(16(21)10-14)7-8-24-11-15-4-6-19(25-15)13-2-5-18(23)17(22)9-13;/h1-6,9-10,24H,7-8,11H2;1H. The third kappa shape index (κ3) is 5.38. The Balaban J connectivity index is 0.00000243. The van der Waals surface area contributed by atoms with E-state index in [9.17, 15) is 4.39 Å². The number of nitrogens with one attached hydrogen (secondary N) is 1. The maximum atomic E-state index is 13.2. The number of furan rings is 1. The molecule has 1 aromatic heterocycles. The van der Waals surface area contributed by atoms with Gasteiger partial charge in [0.1, 0.15) is 17.3 Å². The van der Waals surface area contributed by atoms with Gasteiger partial charge in [0.15, 0.2) is 0 Å². The number of benzene rings is 2. The Bertz CT molecular complexity index is 882. The SMILES string of the molecule is Cl.Fc1ccc(-c2ccc(CNCCc3ccc(Cl)cc3Cl)o2)cc1Cl. The average molecular weight is 435 g/mol. The fourth-order valence-electron chi connectivity index (χ4n) is 2.44. The molecule has 26 heavy (non-hydrogen) atoms. The Morgan fingerprint density at radius 2 is 1.73 bits per heavy atom. The normalized spacial score (nSPS) is 10.6. The number of hydrogen-bond donors (Lipinski definition) is 1. The van der Waals surface area contributed by atoms with Crippen molar-refractivity contribution in [2.75, 3.05) is 6.54 Å². The average Bonchev–Trinajstić information content (AvgIpc) is 3.04. The van der Waals surface area contributed by atoms with E-state index in [1.807, 2.05) is 24.3 Å². The molecule has 0 atom stereocenters. The van der Waals surface area contributed by atoms with Crippen LogP contribution in [-0.4, -0.2) is 6.54 Å². The van der Waals surface area contributed by atoms with Crippen LogP contribution in [0, 0.1) is 5.82 Å². The summed E-state index contributed by atoms with van der Waals surface area (Å²) in [5, 5.41) is 4.68. The lowest BCUT2D eigenvalue weighted by Gasteiger charge is -2.06. The summed E-state index contributed by atoms with van der Waals surface area (Å²) in [6, 6.07) is 13.7. The second kappa shape index (κ2) is 9.63. The van der Waals surface area contributed by atoms with Crippen molar-refractivity contribution in [2.24, 2.45) is 0 Å². The van der Waals surface area contributed by atoms with Gasteiger partial charge in [-0.3, -0.25) is 0 Å². The molecule has 0 amide bonds. The van der Waals surface area contributed by atoms with E-state index in [-0.39, 0.29) is 17.4 Å². The van der Waals surface area contributed by atoms with Gasteiger partial charge in [0.25, 0.3) is 0 Å². The Hall–Kier alpha value is -1.23. The highest BCUT2D eigenvalue weighted by Crippen LogP contribution is 2.26. The van der Waals surface area contributed by atoms with Crippen molar-refractivity contribution in [3.8, 4) is 11.3 Å². The van der Waals surface area contributed by atoms with Crippen LogP contribution in [0.5, 0.6) is 0 Å². The molecule has 0 aliphatic rings. The van der Waals surface area contributed by atoms with Crippen LogP contribution >= 0.6 is 47.2 Å². The zero-order valence-corrected chi connectivity index (χ0v) is 16.7. The second-order valence-electron chi connectivity index (χ2n) is 5.56. The van der Waals surface area contributed by atoms with E-state index in [1.165, 1.54) is 6.07 Å². The highest BCUT2D eigenvalue weighted by Gasteiger charge is 2.08. The second-order valence-corrected chi connectivity index (χ2v) is 6.81. The van der Waals surface area contributed by atoms with Gasteiger partial charge in [-0.25, -0.2) is 4.39 Å². The molecule has 1 N–H and O–H groups in total. The van der Waals surface area contributed by atoms with Gasteiger partial charge < -0.3 is 9.73 Å². The molecular weight excluding hydrogens is 419 g/mol. The van der Waals surface area contributed by atoms with Gasteiger partial charge in [0, 0.05) is 15.6 Å². The van der Waals surface area contributed by atoms with Crippen LogP contribution in [0.4, 0.5) is 4.39 Å². The minimum atomic E-state index is -0.445. The molecule has 138 valence electrons. The predicted molar refractivity (Wildman–Crippen MR) is 108 cm³/mol. The van der Waals surface area contributed by atoms with Crippen LogP contribution in [0.1, 0.15) is 11.3 Å². The van der Waals surface area contributed by atoms with Crippen LogP contribution in [0.15, 0.2) is 52.9 Å². The molecule has 3 aromatic rings. The fraction of sp³-hybridized carbons (Fsp3) is 0.158. The molecule has 2 aromatic carbocycles. The van der Waals surface area contributed by atoms with Crippen LogP contribution in [0.2, 0.25) is 15.1 Å². The van der Waals surface area contributed by atoms with Crippen LogP contribution in [0.25, 0.3) is 11.3 Å². The topological polar surface area (TPSA) is 25.2 Å². The Morgan fingerprint density at radius 3 is 2.46 bits per heavy atom. The first-order chi connectivity index (χ1) is 12.0. The Labute approximate surface area is 172 Å². The molecule has 0 saturated heterocycles. The van der Waals surface area contributed by atoms with Crippen molar-refractivity contribution in [1.82, 2.24) is 5.32 Å². The van der Waals surface area contributed by atoms with Gasteiger partial charge in [-0.2, -0.15) is 0 Å². The third-order valence-electron chi connectivity index (χ3n) is 3.75. The van der Waals surface area contributed by atoms with Crippen molar-refractivity contribution in [1.29, 1.82) is 0 Å². The van der Waals surface area contributed by atoms with Gasteiger partial charge in [-0.05, 0) is 61.0 Å². The van der Waals surface area contributed by atoms with Crippen LogP contribution in [0.3, 0.4) is 0 Å². The first kappa shape index (κ1) is 21.1. The molecule has 3 rings (SSSR count). The largest absolute Gasteiger partial charge is 0.460 e. The minimum Gasteiger partial charge on any atom is -0.460 e. The zero-order chi connectivity index (χ0) is 17.8. The van der Waals surface area contributed by atoms with E-state index in [2.05, 4.69) is 5.32 Å². The summed E-state index contributed by atoms with van der Waals surface area (Å²) < 4.78 is 19.0. The minimum absolute atomic E-state index is 0. The molecule has 0 aliphatic heterocycles. The summed E-state index contributed by atoms with van der Waals surface area (Å²) in [5.41, 5.74) is 1.78. The lowest BCUT2D eigenvalue weighted by atomic mass is 10.1. The maximum Gasteiger partial charge on any atom is 0.141 e. The monoisotopic (exact) mass is 433 g/mol. The van der Waals surface area contributed by atoms with E-state index in [0.717, 1.165) is 29.9 Å². The van der Waals surface area contributed by atoms with Gasteiger partial charge in [-0.15, -0.1) is 12.4 Å². The molecule has 0 saturated carbocycles. The summed E-state index contributed by atoms with van der Waals surface area (Å²) in [5.74, 6) is 0.997. The van der Waals surface area contributed by atoms with Crippen molar-refractivity contribution in [3.05, 3.63) is 80.7 Å². The molecule has 0 unspecified atom stereocenters. The fourth-order valence-corrected chi connectivity index (χ4v) is 3.12. The summed E-state index contributed by atoms with van der Waals surface area (Å²) in [6.45, 7) is 1.33. The maximum absolute atomic E-state index is 13.2. The predicted octanol–water partition coefficient (Wildman–Crippen LogP) is 6.80. The molecule has 0 aliphatic carbocycles. The summed E-state index contributed by atoms with van der Waals surface area (Å²) in [6.07, 6.45) is 0.789. The van der Waals surface area contributed by atoms with Gasteiger partial charge in [0.2, 0.25) is 0 Å². The number of rotatable bonds is 6. The summed E-state index contributed by atoms with van der Waals surface area (Å²) in [7, 11) is 0. The van der Waals surface area contributed by atoms with Crippen molar-refractivity contribution in [2.45, 2.75) is 13.0 Å². The van der Waals surface area contributed by atoms with E-state index in [1.54, 1.807) is 18.2 Å². The molecular formula is C19H16Cl4FNO. The van der Waals surface area contributed by atoms with Crippen molar-refractivity contribution in [3.63, 3.8) is 0 Å². The van der Waals surface area contributed by atoms with E-state index in [0.29, 0.717) is 22.4 Å². The zero-order valence-electron chi connectivity index (χ0n) is 13.6. The molecule has 1 heterocycles. The number of halogens is 5. The van der Waals surface area contributed by atoms with Gasteiger partial charge in [-0.1, -0.05) is 40.9 Å². The first-order valence-electron chi connectivity index (χ1n) is 7.72. The Kier molecular flexibility index (Phi) is 7.81. The lowest BCUT2D eigenvalue weighted by molar-refractivity contribution is 0.494.